The Bertz CT molecular complexity index is 266. The van der Waals surface area contributed by atoms with Crippen molar-refractivity contribution in [2.45, 2.75) is 81.6 Å². The molecule has 20 heavy (non-hydrogen) atoms. The lowest BCUT2D eigenvalue weighted by Crippen LogP contribution is -2.39. The van der Waals surface area contributed by atoms with Crippen molar-refractivity contribution < 1.29 is 10.1 Å². The molecule has 0 bridgehead atoms. The molecule has 2 unspecified atom stereocenters. The lowest BCUT2D eigenvalue weighted by atomic mass is 9.59. The highest BCUT2D eigenvalue weighted by Gasteiger charge is 2.41. The minimum Gasteiger partial charge on any atom is -0.252 e. The van der Waals surface area contributed by atoms with Crippen LogP contribution in [0, 0.1) is 28.1 Å². The molecular formula is C18H38O2. The van der Waals surface area contributed by atoms with Crippen LogP contribution in [-0.4, -0.2) is 11.9 Å². The van der Waals surface area contributed by atoms with Crippen molar-refractivity contribution >= 4 is 0 Å². The third kappa shape index (κ3) is 5.37. The molecule has 1 N–H and O–H groups in total. The first kappa shape index (κ1) is 19.9. The lowest BCUT2D eigenvalue weighted by molar-refractivity contribution is -0.266. The van der Waals surface area contributed by atoms with Crippen LogP contribution in [-0.2, 0) is 4.89 Å². The molecule has 0 aromatic heterocycles. The third-order valence-electron chi connectivity index (χ3n) is 5.61. The first-order valence-electron chi connectivity index (χ1n) is 8.20. The maximum atomic E-state index is 8.98. The van der Waals surface area contributed by atoms with Gasteiger partial charge in [-0.1, -0.05) is 62.3 Å². The number of hydrogen-bond acceptors (Lipinski definition) is 2. The second kappa shape index (κ2) is 7.26. The molecule has 0 saturated carbocycles. The molecule has 2 atom stereocenters. The van der Waals surface area contributed by atoms with E-state index >= 15 is 0 Å². The van der Waals surface area contributed by atoms with E-state index in [0.29, 0.717) is 23.9 Å². The fourth-order valence-electron chi connectivity index (χ4n) is 3.24. The van der Waals surface area contributed by atoms with Crippen LogP contribution in [0.2, 0.25) is 0 Å². The molecule has 0 rings (SSSR count). The maximum Gasteiger partial charge on any atom is 0.0875 e. The van der Waals surface area contributed by atoms with Gasteiger partial charge in [-0.2, -0.15) is 0 Å². The third-order valence-corrected chi connectivity index (χ3v) is 5.61. The predicted octanol–water partition coefficient (Wildman–Crippen LogP) is 6.02. The maximum absolute atomic E-state index is 8.98. The van der Waals surface area contributed by atoms with E-state index in [0.717, 1.165) is 19.3 Å². The van der Waals surface area contributed by atoms with Gasteiger partial charge >= 0.3 is 0 Å². The van der Waals surface area contributed by atoms with Crippen LogP contribution in [0.4, 0.5) is 0 Å². The Kier molecular flexibility index (Phi) is 7.24. The summed E-state index contributed by atoms with van der Waals surface area (Å²) in [6.07, 6.45) is 3.21. The Morgan fingerprint density at radius 1 is 0.900 bits per heavy atom. The van der Waals surface area contributed by atoms with Gasteiger partial charge in [-0.3, -0.25) is 5.26 Å². The summed E-state index contributed by atoms with van der Waals surface area (Å²) in [7, 11) is 0. The highest BCUT2D eigenvalue weighted by molar-refractivity contribution is 4.90. The van der Waals surface area contributed by atoms with Gasteiger partial charge in [0.2, 0.25) is 0 Å². The molecule has 0 fully saturated rings. The molecular weight excluding hydrogens is 248 g/mol. The smallest absolute Gasteiger partial charge is 0.0875 e. The zero-order chi connectivity index (χ0) is 16.2. The van der Waals surface area contributed by atoms with Crippen molar-refractivity contribution in [1.29, 1.82) is 0 Å². The Balaban J connectivity index is 5.36. The van der Waals surface area contributed by atoms with Gasteiger partial charge in [0.1, 0.15) is 0 Å². The van der Waals surface area contributed by atoms with E-state index in [2.05, 4.69) is 67.2 Å². The summed E-state index contributed by atoms with van der Waals surface area (Å²) in [5.74, 6) is 1.23. The molecule has 2 heteroatoms. The van der Waals surface area contributed by atoms with Crippen LogP contribution in [0.25, 0.3) is 0 Å². The summed E-state index contributed by atoms with van der Waals surface area (Å²) in [5, 5.41) is 8.98. The topological polar surface area (TPSA) is 29.5 Å². The van der Waals surface area contributed by atoms with Gasteiger partial charge in [0.25, 0.3) is 0 Å². The molecule has 0 spiro atoms. The zero-order valence-corrected chi connectivity index (χ0v) is 15.3. The van der Waals surface area contributed by atoms with E-state index in [1.54, 1.807) is 0 Å². The summed E-state index contributed by atoms with van der Waals surface area (Å²) in [5.41, 5.74) is 0.648. The van der Waals surface area contributed by atoms with Gasteiger partial charge < -0.3 is 0 Å². The molecule has 0 aromatic carbocycles. The molecule has 0 radical (unpaired) electrons. The van der Waals surface area contributed by atoms with E-state index in [9.17, 15) is 0 Å². The summed E-state index contributed by atoms with van der Waals surface area (Å²) < 4.78 is 0. The SMILES string of the molecule is CCC(CC)(COO)CC(C(C)C(C)(C)C)C(C)(C)C. The molecule has 0 aromatic rings. The fourth-order valence-corrected chi connectivity index (χ4v) is 3.24. The largest absolute Gasteiger partial charge is 0.252 e. The van der Waals surface area contributed by atoms with E-state index in [1.165, 1.54) is 0 Å². The van der Waals surface area contributed by atoms with Crippen LogP contribution >= 0.6 is 0 Å². The standard InChI is InChI=1S/C18H38O2/c1-10-18(11-2,13-20-19)12-15(17(7,8)9)14(3)16(4,5)6/h14-15,19H,10-13H2,1-9H3. The molecule has 0 aliphatic carbocycles. The average molecular weight is 286 g/mol. The van der Waals surface area contributed by atoms with Crippen molar-refractivity contribution in [3.8, 4) is 0 Å². The molecule has 0 aliphatic heterocycles. The van der Waals surface area contributed by atoms with Crippen LogP contribution in [0.1, 0.15) is 81.6 Å². The monoisotopic (exact) mass is 286 g/mol. The number of hydrogen-bond donors (Lipinski definition) is 1. The van der Waals surface area contributed by atoms with Gasteiger partial charge in [-0.05, 0) is 47.3 Å². The Labute approximate surface area is 127 Å². The Morgan fingerprint density at radius 3 is 1.60 bits per heavy atom. The first-order chi connectivity index (χ1) is 8.93. The summed E-state index contributed by atoms with van der Waals surface area (Å²) >= 11 is 0. The molecule has 0 saturated heterocycles. The quantitative estimate of drug-likeness (QED) is 0.458. The van der Waals surface area contributed by atoms with Crippen molar-refractivity contribution in [2.75, 3.05) is 6.61 Å². The molecule has 0 aliphatic rings. The van der Waals surface area contributed by atoms with E-state index in [-0.39, 0.29) is 10.8 Å². The lowest BCUT2D eigenvalue weighted by Gasteiger charge is -2.46. The van der Waals surface area contributed by atoms with Gasteiger partial charge in [0.15, 0.2) is 0 Å². The normalized spacial score (nSPS) is 17.1. The fraction of sp³-hybridized carbons (Fsp3) is 1.00. The summed E-state index contributed by atoms with van der Waals surface area (Å²) in [4.78, 5) is 4.57. The minimum atomic E-state index is 0.0895. The van der Waals surface area contributed by atoms with E-state index in [1.807, 2.05) is 0 Å². The van der Waals surface area contributed by atoms with Crippen LogP contribution in [0.5, 0.6) is 0 Å². The highest BCUT2D eigenvalue weighted by Crippen LogP contribution is 2.48. The first-order valence-corrected chi connectivity index (χ1v) is 8.20. The minimum absolute atomic E-state index is 0.0895. The van der Waals surface area contributed by atoms with Gasteiger partial charge in [0.05, 0.1) is 6.61 Å². The molecule has 2 nitrogen and oxygen atoms in total. The van der Waals surface area contributed by atoms with Crippen molar-refractivity contribution in [3.63, 3.8) is 0 Å². The predicted molar refractivity (Wildman–Crippen MR) is 87.8 cm³/mol. The number of rotatable bonds is 7. The summed E-state index contributed by atoms with van der Waals surface area (Å²) in [6, 6.07) is 0. The summed E-state index contributed by atoms with van der Waals surface area (Å²) in [6.45, 7) is 21.3. The van der Waals surface area contributed by atoms with Crippen molar-refractivity contribution in [3.05, 3.63) is 0 Å². The molecule has 0 amide bonds. The second-order valence-corrected chi connectivity index (χ2v) is 8.81. The molecule has 122 valence electrons. The van der Waals surface area contributed by atoms with Crippen molar-refractivity contribution in [1.82, 2.24) is 0 Å². The van der Waals surface area contributed by atoms with E-state index < -0.39 is 0 Å². The Morgan fingerprint density at radius 2 is 1.35 bits per heavy atom. The molecule has 0 heterocycles. The average Bonchev–Trinajstić information content (AvgIpc) is 2.31. The Hall–Kier alpha value is -0.0800. The van der Waals surface area contributed by atoms with Crippen LogP contribution in [0.15, 0.2) is 0 Å². The van der Waals surface area contributed by atoms with Gasteiger partial charge in [-0.25, -0.2) is 4.89 Å². The van der Waals surface area contributed by atoms with Crippen molar-refractivity contribution in [2.24, 2.45) is 28.1 Å². The zero-order valence-electron chi connectivity index (χ0n) is 15.3. The highest BCUT2D eigenvalue weighted by atomic mass is 17.1. The van der Waals surface area contributed by atoms with E-state index in [4.69, 9.17) is 5.26 Å². The second-order valence-electron chi connectivity index (χ2n) is 8.81. The van der Waals surface area contributed by atoms with Crippen LogP contribution < -0.4 is 0 Å². The van der Waals surface area contributed by atoms with Gasteiger partial charge in [0, 0.05) is 0 Å². The van der Waals surface area contributed by atoms with Crippen LogP contribution in [0.3, 0.4) is 0 Å². The van der Waals surface area contributed by atoms with Gasteiger partial charge in [-0.15, -0.1) is 0 Å².